The Morgan fingerprint density at radius 2 is 1.88 bits per heavy atom. The van der Waals surface area contributed by atoms with E-state index < -0.39 is 11.8 Å². The smallest absolute Gasteiger partial charge is 0.348 e. The average molecular weight is 368 g/mol. The number of hydrogen-bond acceptors (Lipinski definition) is 5. The van der Waals surface area contributed by atoms with Gasteiger partial charge in [-0.3, -0.25) is 4.79 Å². The van der Waals surface area contributed by atoms with Crippen LogP contribution in [0.2, 0.25) is 0 Å². The highest BCUT2D eigenvalue weighted by atomic mass is 32.1. The van der Waals surface area contributed by atoms with E-state index in [2.05, 4.69) is 0 Å². The Morgan fingerprint density at radius 3 is 2.69 bits per heavy atom. The molecule has 0 spiro atoms. The first-order valence-electron chi connectivity index (χ1n) is 7.92. The number of carbonyl (C=O) groups is 2. The molecule has 0 N–H and O–H groups in total. The normalized spacial score (nSPS) is 11.9. The van der Waals surface area contributed by atoms with Crippen molar-refractivity contribution in [3.8, 4) is 16.2 Å². The number of hydrogen-bond donors (Lipinski definition) is 0. The molecule has 0 fully saturated rings. The number of para-hydroxylation sites is 1. The molecule has 0 saturated carbocycles. The van der Waals surface area contributed by atoms with Gasteiger partial charge in [-0.05, 0) is 42.5 Å². The summed E-state index contributed by atoms with van der Waals surface area (Å²) in [4.78, 5) is 25.7. The van der Waals surface area contributed by atoms with Crippen molar-refractivity contribution in [2.45, 2.75) is 6.61 Å². The Labute approximate surface area is 152 Å². The predicted molar refractivity (Wildman–Crippen MR) is 95.1 cm³/mol. The van der Waals surface area contributed by atoms with Crippen molar-refractivity contribution in [1.29, 1.82) is 0 Å². The highest BCUT2D eigenvalue weighted by Crippen LogP contribution is 2.42. The number of benzene rings is 2. The molecule has 0 radical (unpaired) electrons. The van der Waals surface area contributed by atoms with Crippen molar-refractivity contribution < 1.29 is 23.5 Å². The standard InChI is InChI=1S/C20H13FO4S/c21-14-7-5-12(6-8-14)16(22)11-25-20(23)18-9-13-10-24-17-4-2-1-3-15(17)19(13)26-18/h1-9H,10-11H2. The minimum absolute atomic E-state index is 0.298. The molecule has 130 valence electrons. The van der Waals surface area contributed by atoms with E-state index in [1.807, 2.05) is 24.3 Å². The van der Waals surface area contributed by atoms with Crippen molar-refractivity contribution in [3.05, 3.63) is 76.4 Å². The zero-order chi connectivity index (χ0) is 18.1. The summed E-state index contributed by atoms with van der Waals surface area (Å²) in [7, 11) is 0. The summed E-state index contributed by atoms with van der Waals surface area (Å²) in [5.41, 5.74) is 2.16. The molecule has 3 aromatic rings. The molecule has 0 atom stereocenters. The zero-order valence-corrected chi connectivity index (χ0v) is 14.3. The molecule has 1 aliphatic rings. The number of fused-ring (bicyclic) bond motifs is 3. The maximum atomic E-state index is 12.9. The van der Waals surface area contributed by atoms with Crippen LogP contribution >= 0.6 is 11.3 Å². The van der Waals surface area contributed by atoms with Gasteiger partial charge < -0.3 is 9.47 Å². The van der Waals surface area contributed by atoms with E-state index in [4.69, 9.17) is 9.47 Å². The Kier molecular flexibility index (Phi) is 4.26. The number of thiophene rings is 1. The number of ketones is 1. The third-order valence-electron chi connectivity index (χ3n) is 4.03. The lowest BCUT2D eigenvalue weighted by Crippen LogP contribution is -2.13. The molecule has 1 aliphatic heterocycles. The van der Waals surface area contributed by atoms with Gasteiger partial charge in [0.15, 0.2) is 12.4 Å². The minimum atomic E-state index is -0.558. The molecule has 2 aromatic carbocycles. The fraction of sp³-hybridized carbons (Fsp3) is 0.100. The lowest BCUT2D eigenvalue weighted by atomic mass is 10.1. The van der Waals surface area contributed by atoms with Gasteiger partial charge in [0, 0.05) is 21.6 Å². The second-order valence-corrected chi connectivity index (χ2v) is 6.81. The van der Waals surface area contributed by atoms with Gasteiger partial charge in [-0.1, -0.05) is 12.1 Å². The number of ether oxygens (including phenoxy) is 2. The fourth-order valence-electron chi connectivity index (χ4n) is 2.72. The average Bonchev–Trinajstić information content (AvgIpc) is 3.11. The first kappa shape index (κ1) is 16.5. The van der Waals surface area contributed by atoms with Crippen LogP contribution in [0.4, 0.5) is 4.39 Å². The molecule has 0 aliphatic carbocycles. The van der Waals surface area contributed by atoms with Crippen LogP contribution in [0.3, 0.4) is 0 Å². The van der Waals surface area contributed by atoms with Gasteiger partial charge in [-0.25, -0.2) is 9.18 Å². The molecule has 4 nitrogen and oxygen atoms in total. The molecular formula is C20H13FO4S. The molecule has 0 bridgehead atoms. The Balaban J connectivity index is 1.47. The highest BCUT2D eigenvalue weighted by Gasteiger charge is 2.23. The van der Waals surface area contributed by atoms with Gasteiger partial charge in [-0.2, -0.15) is 0 Å². The van der Waals surface area contributed by atoms with Crippen LogP contribution in [0.5, 0.6) is 5.75 Å². The second-order valence-electron chi connectivity index (χ2n) is 5.76. The summed E-state index contributed by atoms with van der Waals surface area (Å²) in [5, 5.41) is 0. The Morgan fingerprint density at radius 1 is 1.12 bits per heavy atom. The lowest BCUT2D eigenvalue weighted by Gasteiger charge is -2.16. The molecule has 0 amide bonds. The zero-order valence-electron chi connectivity index (χ0n) is 13.5. The Bertz CT molecular complexity index is 991. The summed E-state index contributed by atoms with van der Waals surface area (Å²) >= 11 is 1.32. The van der Waals surface area contributed by atoms with E-state index in [-0.39, 0.29) is 12.4 Å². The van der Waals surface area contributed by atoms with Crippen LogP contribution in [-0.4, -0.2) is 18.4 Å². The summed E-state index contributed by atoms with van der Waals surface area (Å²) in [6, 6.07) is 14.5. The fourth-order valence-corrected chi connectivity index (χ4v) is 3.81. The van der Waals surface area contributed by atoms with Crippen LogP contribution < -0.4 is 4.74 Å². The minimum Gasteiger partial charge on any atom is -0.488 e. The van der Waals surface area contributed by atoms with E-state index in [1.54, 1.807) is 6.07 Å². The van der Waals surface area contributed by atoms with E-state index >= 15 is 0 Å². The van der Waals surface area contributed by atoms with Crippen molar-refractivity contribution in [3.63, 3.8) is 0 Å². The van der Waals surface area contributed by atoms with Crippen LogP contribution in [0, 0.1) is 5.82 Å². The summed E-state index contributed by atoms with van der Waals surface area (Å²) in [6.45, 7) is 0.00472. The molecule has 1 aromatic heterocycles. The van der Waals surface area contributed by atoms with Crippen molar-refractivity contribution in [1.82, 2.24) is 0 Å². The largest absolute Gasteiger partial charge is 0.488 e. The van der Waals surface area contributed by atoms with E-state index in [9.17, 15) is 14.0 Å². The van der Waals surface area contributed by atoms with Crippen molar-refractivity contribution in [2.75, 3.05) is 6.61 Å². The van der Waals surface area contributed by atoms with Crippen LogP contribution in [-0.2, 0) is 11.3 Å². The van der Waals surface area contributed by atoms with Gasteiger partial charge in [0.1, 0.15) is 23.1 Å². The van der Waals surface area contributed by atoms with Crippen molar-refractivity contribution in [2.24, 2.45) is 0 Å². The first-order valence-corrected chi connectivity index (χ1v) is 8.74. The molecule has 2 heterocycles. The van der Waals surface area contributed by atoms with E-state index in [1.165, 1.54) is 35.6 Å². The molecule has 0 unspecified atom stereocenters. The SMILES string of the molecule is O=C(COC(=O)c1cc2c(s1)-c1ccccc1OC2)c1ccc(F)cc1. The predicted octanol–water partition coefficient (Wildman–Crippen LogP) is 4.49. The molecule has 26 heavy (non-hydrogen) atoms. The van der Waals surface area contributed by atoms with Crippen LogP contribution in [0.15, 0.2) is 54.6 Å². The van der Waals surface area contributed by atoms with Gasteiger partial charge in [0.05, 0.1) is 0 Å². The summed E-state index contributed by atoms with van der Waals surface area (Å²) in [6.07, 6.45) is 0. The summed E-state index contributed by atoms with van der Waals surface area (Å²) < 4.78 is 23.7. The monoisotopic (exact) mass is 368 g/mol. The molecular weight excluding hydrogens is 355 g/mol. The second kappa shape index (κ2) is 6.72. The molecule has 4 rings (SSSR count). The summed E-state index contributed by atoms with van der Waals surface area (Å²) in [5.74, 6) is -0.579. The number of rotatable bonds is 4. The number of carbonyl (C=O) groups excluding carboxylic acids is 2. The van der Waals surface area contributed by atoms with Gasteiger partial charge in [-0.15, -0.1) is 11.3 Å². The van der Waals surface area contributed by atoms with Gasteiger partial charge in [0.25, 0.3) is 0 Å². The number of Topliss-reactive ketones (excluding diaryl/α,β-unsaturated/α-hetero) is 1. The van der Waals surface area contributed by atoms with E-state index in [0.29, 0.717) is 17.0 Å². The topological polar surface area (TPSA) is 52.6 Å². The van der Waals surface area contributed by atoms with Crippen LogP contribution in [0.1, 0.15) is 25.6 Å². The van der Waals surface area contributed by atoms with Crippen LogP contribution in [0.25, 0.3) is 10.4 Å². The quantitative estimate of drug-likeness (QED) is 0.503. The molecule has 6 heteroatoms. The maximum Gasteiger partial charge on any atom is 0.348 e. The Hall–Kier alpha value is -2.99. The van der Waals surface area contributed by atoms with E-state index in [0.717, 1.165) is 21.8 Å². The third-order valence-corrected chi connectivity index (χ3v) is 5.22. The van der Waals surface area contributed by atoms with Gasteiger partial charge >= 0.3 is 5.97 Å². The van der Waals surface area contributed by atoms with Gasteiger partial charge in [0.2, 0.25) is 0 Å². The highest BCUT2D eigenvalue weighted by molar-refractivity contribution is 7.17. The molecule has 0 saturated heterocycles. The maximum absolute atomic E-state index is 12.9. The lowest BCUT2D eigenvalue weighted by molar-refractivity contribution is 0.0479. The number of esters is 1. The number of halogens is 1. The third kappa shape index (κ3) is 3.11. The van der Waals surface area contributed by atoms with Crippen molar-refractivity contribution >= 4 is 23.1 Å². The first-order chi connectivity index (χ1) is 12.6.